The van der Waals surface area contributed by atoms with Gasteiger partial charge in [0.2, 0.25) is 5.88 Å². The van der Waals surface area contributed by atoms with Crippen LogP contribution in [-0.2, 0) is 13.1 Å². The van der Waals surface area contributed by atoms with Gasteiger partial charge in [-0.1, -0.05) is 31.5 Å². The van der Waals surface area contributed by atoms with Gasteiger partial charge in [-0.3, -0.25) is 4.57 Å². The molecule has 11 heteroatoms. The van der Waals surface area contributed by atoms with Gasteiger partial charge in [-0.15, -0.1) is 0 Å². The van der Waals surface area contributed by atoms with Crippen molar-refractivity contribution in [3.63, 3.8) is 0 Å². The smallest absolute Gasteiger partial charge is 0.328 e. The molecule has 1 aromatic carbocycles. The number of pyridine rings is 1. The molecule has 0 saturated heterocycles. The number of hydrogen-bond donors (Lipinski definition) is 3. The summed E-state index contributed by atoms with van der Waals surface area (Å²) in [4.78, 5) is 28.2. The number of hydrogen-bond acceptors (Lipinski definition) is 9. The van der Waals surface area contributed by atoms with Crippen molar-refractivity contribution in [1.82, 2.24) is 29.8 Å². The second kappa shape index (κ2) is 11.8. The molecule has 0 spiro atoms. The van der Waals surface area contributed by atoms with E-state index in [4.69, 9.17) is 20.5 Å². The van der Waals surface area contributed by atoms with E-state index in [2.05, 4.69) is 38.2 Å². The number of nitrogen functional groups attached to an aromatic ring is 1. The predicted molar refractivity (Wildman–Crippen MR) is 135 cm³/mol. The SMILES string of the molecule is CCCCOc1nc(N)c2[nH]c(=O)n(Cc3ccc(Oc4ccc(CNCCC#N)cc4)nc3)c2n1. The van der Waals surface area contributed by atoms with Crippen LogP contribution in [-0.4, -0.2) is 37.7 Å². The van der Waals surface area contributed by atoms with Crippen LogP contribution in [0.4, 0.5) is 5.82 Å². The average Bonchev–Trinajstić information content (AvgIpc) is 3.20. The summed E-state index contributed by atoms with van der Waals surface area (Å²) in [5, 5.41) is 11.8. The highest BCUT2D eigenvalue weighted by atomic mass is 16.5. The van der Waals surface area contributed by atoms with Crippen LogP contribution in [0, 0.1) is 11.3 Å². The van der Waals surface area contributed by atoms with Crippen LogP contribution in [0.15, 0.2) is 47.4 Å². The first-order valence-corrected chi connectivity index (χ1v) is 11.8. The quantitative estimate of drug-likeness (QED) is 0.255. The molecule has 0 amide bonds. The molecule has 0 unspecified atom stereocenters. The molecule has 0 bridgehead atoms. The van der Waals surface area contributed by atoms with Crippen LogP contribution < -0.4 is 26.2 Å². The number of unbranched alkanes of at least 4 members (excludes halogenated alkanes) is 1. The van der Waals surface area contributed by atoms with Gasteiger partial charge < -0.3 is 25.5 Å². The topological polar surface area (TPSA) is 157 Å². The largest absolute Gasteiger partial charge is 0.463 e. The number of imidazole rings is 1. The first-order chi connectivity index (χ1) is 17.6. The Hall–Kier alpha value is -4.43. The lowest BCUT2D eigenvalue weighted by Crippen LogP contribution is -2.18. The van der Waals surface area contributed by atoms with Gasteiger partial charge in [0, 0.05) is 31.8 Å². The number of nitrogens with zero attached hydrogens (tertiary/aromatic N) is 5. The third kappa shape index (κ3) is 6.17. The zero-order chi connectivity index (χ0) is 25.3. The number of aromatic amines is 1. The van der Waals surface area contributed by atoms with Gasteiger partial charge in [0.15, 0.2) is 11.5 Å². The number of fused-ring (bicyclic) bond motifs is 1. The summed E-state index contributed by atoms with van der Waals surface area (Å²) in [5.41, 5.74) is 8.30. The van der Waals surface area contributed by atoms with Crippen LogP contribution in [0.3, 0.4) is 0 Å². The molecule has 3 aromatic heterocycles. The zero-order valence-corrected chi connectivity index (χ0v) is 20.0. The average molecular weight is 489 g/mol. The fourth-order valence-electron chi connectivity index (χ4n) is 3.47. The van der Waals surface area contributed by atoms with Crippen LogP contribution in [0.25, 0.3) is 11.2 Å². The molecule has 4 rings (SSSR count). The Bertz CT molecular complexity index is 1390. The highest BCUT2D eigenvalue weighted by Gasteiger charge is 2.15. The molecule has 0 atom stereocenters. The minimum absolute atomic E-state index is 0.145. The molecule has 4 aromatic rings. The standard InChI is InChI=1S/C25H28N8O3/c1-2-3-13-35-24-31-22(27)21-23(32-24)33(25(34)30-21)16-18-7-10-20(29-15-18)36-19-8-5-17(6-9-19)14-28-12-4-11-26/h5-10,15,28H,2-4,12-14,16H2,1H3,(H,30,34)(H2,27,31,32). The highest BCUT2D eigenvalue weighted by Crippen LogP contribution is 2.21. The van der Waals surface area contributed by atoms with Gasteiger partial charge in [0.25, 0.3) is 0 Å². The molecule has 0 saturated carbocycles. The Morgan fingerprint density at radius 1 is 1.17 bits per heavy atom. The lowest BCUT2D eigenvalue weighted by molar-refractivity contribution is 0.286. The third-order valence-electron chi connectivity index (χ3n) is 5.39. The van der Waals surface area contributed by atoms with Crippen molar-refractivity contribution < 1.29 is 9.47 Å². The van der Waals surface area contributed by atoms with E-state index >= 15 is 0 Å². The minimum Gasteiger partial charge on any atom is -0.463 e. The first-order valence-electron chi connectivity index (χ1n) is 11.8. The highest BCUT2D eigenvalue weighted by molar-refractivity contribution is 5.81. The lowest BCUT2D eigenvalue weighted by Gasteiger charge is -2.08. The van der Waals surface area contributed by atoms with Gasteiger partial charge in [-0.05, 0) is 29.7 Å². The van der Waals surface area contributed by atoms with Gasteiger partial charge in [0.1, 0.15) is 11.3 Å². The number of nitriles is 1. The minimum atomic E-state index is -0.348. The summed E-state index contributed by atoms with van der Waals surface area (Å²) in [7, 11) is 0. The Morgan fingerprint density at radius 3 is 2.69 bits per heavy atom. The number of rotatable bonds is 12. The van der Waals surface area contributed by atoms with E-state index in [-0.39, 0.29) is 24.1 Å². The van der Waals surface area contributed by atoms with Crippen molar-refractivity contribution in [2.75, 3.05) is 18.9 Å². The number of nitrogens with two attached hydrogens (primary N) is 1. The number of benzene rings is 1. The van der Waals surface area contributed by atoms with E-state index in [1.807, 2.05) is 30.3 Å². The Balaban J connectivity index is 1.42. The Kier molecular flexibility index (Phi) is 8.10. The Labute approximate surface area is 207 Å². The van der Waals surface area contributed by atoms with Crippen LogP contribution >= 0.6 is 0 Å². The molecule has 0 radical (unpaired) electrons. The first kappa shape index (κ1) is 24.7. The lowest BCUT2D eigenvalue weighted by atomic mass is 10.2. The molecule has 36 heavy (non-hydrogen) atoms. The van der Waals surface area contributed by atoms with Crippen molar-refractivity contribution in [2.45, 2.75) is 39.3 Å². The number of aromatic nitrogens is 5. The molecule has 4 N–H and O–H groups in total. The fourth-order valence-corrected chi connectivity index (χ4v) is 3.47. The van der Waals surface area contributed by atoms with Crippen molar-refractivity contribution in [3.8, 4) is 23.7 Å². The second-order valence-electron chi connectivity index (χ2n) is 8.14. The molecule has 11 nitrogen and oxygen atoms in total. The molecule has 3 heterocycles. The van der Waals surface area contributed by atoms with Gasteiger partial charge in [-0.2, -0.15) is 15.2 Å². The molecule has 0 aliphatic rings. The van der Waals surface area contributed by atoms with Crippen molar-refractivity contribution in [1.29, 1.82) is 5.26 Å². The summed E-state index contributed by atoms with van der Waals surface area (Å²) in [6.45, 7) is 4.12. The van der Waals surface area contributed by atoms with E-state index in [0.717, 1.165) is 24.0 Å². The van der Waals surface area contributed by atoms with Crippen molar-refractivity contribution in [3.05, 3.63) is 64.2 Å². The van der Waals surface area contributed by atoms with Crippen LogP contribution in [0.1, 0.15) is 37.3 Å². The maximum absolute atomic E-state index is 12.6. The number of anilines is 1. The van der Waals surface area contributed by atoms with Gasteiger partial charge in [-0.25, -0.2) is 9.78 Å². The number of ether oxygens (including phenoxy) is 2. The fraction of sp³-hybridized carbons (Fsp3) is 0.320. The summed E-state index contributed by atoms with van der Waals surface area (Å²) >= 11 is 0. The normalized spacial score (nSPS) is 10.9. The van der Waals surface area contributed by atoms with E-state index in [1.165, 1.54) is 4.57 Å². The third-order valence-corrected chi connectivity index (χ3v) is 5.39. The van der Waals surface area contributed by atoms with Crippen LogP contribution in [0.2, 0.25) is 0 Å². The maximum atomic E-state index is 12.6. The molecule has 0 fully saturated rings. The molecule has 0 aliphatic carbocycles. The van der Waals surface area contributed by atoms with Crippen molar-refractivity contribution in [2.24, 2.45) is 0 Å². The number of nitrogens with one attached hydrogen (secondary N) is 2. The monoisotopic (exact) mass is 488 g/mol. The molecule has 0 aliphatic heterocycles. The second-order valence-corrected chi connectivity index (χ2v) is 8.14. The van der Waals surface area contributed by atoms with Crippen molar-refractivity contribution >= 4 is 17.0 Å². The summed E-state index contributed by atoms with van der Waals surface area (Å²) in [5.74, 6) is 1.25. The number of H-pyrrole nitrogens is 1. The Morgan fingerprint density at radius 2 is 1.97 bits per heavy atom. The molecule has 186 valence electrons. The zero-order valence-electron chi connectivity index (χ0n) is 20.0. The summed E-state index contributed by atoms with van der Waals surface area (Å²) in [6.07, 6.45) is 3.98. The van der Waals surface area contributed by atoms with E-state index in [9.17, 15) is 4.79 Å². The molecular weight excluding hydrogens is 460 g/mol. The van der Waals surface area contributed by atoms with Gasteiger partial charge >= 0.3 is 11.7 Å². The maximum Gasteiger partial charge on any atom is 0.328 e. The molecular formula is C25H28N8O3. The summed E-state index contributed by atoms with van der Waals surface area (Å²) in [6, 6.07) is 13.5. The van der Waals surface area contributed by atoms with E-state index < -0.39 is 0 Å². The van der Waals surface area contributed by atoms with E-state index in [1.54, 1.807) is 12.3 Å². The van der Waals surface area contributed by atoms with E-state index in [0.29, 0.717) is 48.9 Å². The predicted octanol–water partition coefficient (Wildman–Crippen LogP) is 3.12. The summed E-state index contributed by atoms with van der Waals surface area (Å²) < 4.78 is 12.9. The van der Waals surface area contributed by atoms with Crippen LogP contribution in [0.5, 0.6) is 17.6 Å². The van der Waals surface area contributed by atoms with Gasteiger partial charge in [0.05, 0.1) is 19.2 Å².